The van der Waals surface area contributed by atoms with Gasteiger partial charge in [-0.25, -0.2) is 12.8 Å². The van der Waals surface area contributed by atoms with E-state index in [0.29, 0.717) is 26.3 Å². The SMILES string of the molecule is CCN(CC1CCOC1)S(=O)(=O)c1ccccc1F. The zero-order valence-corrected chi connectivity index (χ0v) is 11.7. The summed E-state index contributed by atoms with van der Waals surface area (Å²) in [5.74, 6) is -0.509. The van der Waals surface area contributed by atoms with Crippen LogP contribution < -0.4 is 0 Å². The smallest absolute Gasteiger partial charge is 0.245 e. The van der Waals surface area contributed by atoms with Crippen LogP contribution in [0, 0.1) is 11.7 Å². The van der Waals surface area contributed by atoms with Crippen LogP contribution in [-0.4, -0.2) is 39.0 Å². The lowest BCUT2D eigenvalue weighted by Crippen LogP contribution is -2.35. The molecule has 1 aliphatic heterocycles. The molecule has 1 fully saturated rings. The second-order valence-electron chi connectivity index (χ2n) is 4.62. The Morgan fingerprint density at radius 3 is 2.74 bits per heavy atom. The van der Waals surface area contributed by atoms with Crippen molar-refractivity contribution in [3.8, 4) is 0 Å². The van der Waals surface area contributed by atoms with Gasteiger partial charge in [-0.3, -0.25) is 0 Å². The van der Waals surface area contributed by atoms with Gasteiger partial charge in [0.25, 0.3) is 0 Å². The van der Waals surface area contributed by atoms with Gasteiger partial charge in [-0.2, -0.15) is 4.31 Å². The van der Waals surface area contributed by atoms with Crippen molar-refractivity contribution in [2.75, 3.05) is 26.3 Å². The van der Waals surface area contributed by atoms with Crippen molar-refractivity contribution >= 4 is 10.0 Å². The molecule has 106 valence electrons. The molecular weight excluding hydrogens is 269 g/mol. The molecule has 0 spiro atoms. The average molecular weight is 287 g/mol. The molecule has 1 atom stereocenters. The summed E-state index contributed by atoms with van der Waals surface area (Å²) in [6, 6.07) is 5.48. The summed E-state index contributed by atoms with van der Waals surface area (Å²) < 4.78 is 45.1. The van der Waals surface area contributed by atoms with Crippen molar-refractivity contribution in [2.45, 2.75) is 18.2 Å². The molecule has 19 heavy (non-hydrogen) atoms. The van der Waals surface area contributed by atoms with Gasteiger partial charge < -0.3 is 4.74 Å². The van der Waals surface area contributed by atoms with Crippen LogP contribution in [0.5, 0.6) is 0 Å². The molecule has 0 aromatic heterocycles. The Bertz CT molecular complexity index is 526. The van der Waals surface area contributed by atoms with Crippen molar-refractivity contribution in [2.24, 2.45) is 5.92 Å². The molecular formula is C13H18FNO3S. The molecule has 2 rings (SSSR count). The van der Waals surface area contributed by atoms with Crippen LogP contribution >= 0.6 is 0 Å². The minimum Gasteiger partial charge on any atom is -0.381 e. The van der Waals surface area contributed by atoms with Gasteiger partial charge in [0.15, 0.2) is 0 Å². The monoisotopic (exact) mass is 287 g/mol. The van der Waals surface area contributed by atoms with Crippen molar-refractivity contribution in [3.05, 3.63) is 30.1 Å². The molecule has 1 heterocycles. The van der Waals surface area contributed by atoms with E-state index < -0.39 is 15.8 Å². The van der Waals surface area contributed by atoms with Crippen molar-refractivity contribution in [1.29, 1.82) is 0 Å². The third kappa shape index (κ3) is 3.13. The Morgan fingerprint density at radius 2 is 2.16 bits per heavy atom. The van der Waals surface area contributed by atoms with E-state index in [9.17, 15) is 12.8 Å². The quantitative estimate of drug-likeness (QED) is 0.830. The molecule has 0 saturated carbocycles. The van der Waals surface area contributed by atoms with E-state index in [1.165, 1.54) is 28.6 Å². The van der Waals surface area contributed by atoms with Gasteiger partial charge in [0.2, 0.25) is 10.0 Å². The van der Waals surface area contributed by atoms with Crippen LogP contribution in [0.15, 0.2) is 29.2 Å². The predicted octanol–water partition coefficient (Wildman–Crippen LogP) is 1.87. The molecule has 4 nitrogen and oxygen atoms in total. The lowest BCUT2D eigenvalue weighted by Gasteiger charge is -2.23. The fourth-order valence-electron chi connectivity index (χ4n) is 2.21. The zero-order valence-electron chi connectivity index (χ0n) is 10.9. The summed E-state index contributed by atoms with van der Waals surface area (Å²) in [6.45, 7) is 3.71. The summed E-state index contributed by atoms with van der Waals surface area (Å²) in [4.78, 5) is -0.254. The number of hydrogen-bond donors (Lipinski definition) is 0. The maximum absolute atomic E-state index is 13.7. The largest absolute Gasteiger partial charge is 0.381 e. The highest BCUT2D eigenvalue weighted by Gasteiger charge is 2.29. The normalized spacial score (nSPS) is 20.1. The van der Waals surface area contributed by atoms with Crippen LogP contribution in [0.3, 0.4) is 0 Å². The molecule has 0 aliphatic carbocycles. The van der Waals surface area contributed by atoms with Crippen LogP contribution in [0.1, 0.15) is 13.3 Å². The molecule has 0 bridgehead atoms. The fraction of sp³-hybridized carbons (Fsp3) is 0.538. The highest BCUT2D eigenvalue weighted by molar-refractivity contribution is 7.89. The lowest BCUT2D eigenvalue weighted by molar-refractivity contribution is 0.180. The van der Waals surface area contributed by atoms with Crippen LogP contribution in [0.2, 0.25) is 0 Å². The Hall–Kier alpha value is -0.980. The van der Waals surface area contributed by atoms with E-state index in [2.05, 4.69) is 0 Å². The maximum Gasteiger partial charge on any atom is 0.245 e. The van der Waals surface area contributed by atoms with E-state index in [1.54, 1.807) is 6.92 Å². The van der Waals surface area contributed by atoms with Gasteiger partial charge in [0, 0.05) is 19.7 Å². The molecule has 6 heteroatoms. The number of nitrogens with zero attached hydrogens (tertiary/aromatic N) is 1. The molecule has 0 radical (unpaired) electrons. The topological polar surface area (TPSA) is 46.6 Å². The number of halogens is 1. The molecule has 1 saturated heterocycles. The summed E-state index contributed by atoms with van der Waals surface area (Å²) >= 11 is 0. The van der Waals surface area contributed by atoms with Gasteiger partial charge in [0.1, 0.15) is 10.7 Å². The van der Waals surface area contributed by atoms with E-state index in [4.69, 9.17) is 4.74 Å². The molecule has 1 aromatic carbocycles. The van der Waals surface area contributed by atoms with Gasteiger partial charge in [-0.05, 0) is 24.5 Å². The Balaban J connectivity index is 2.23. The van der Waals surface area contributed by atoms with Gasteiger partial charge in [-0.15, -0.1) is 0 Å². The number of ether oxygens (including phenoxy) is 1. The first kappa shape index (κ1) is 14.4. The summed E-state index contributed by atoms with van der Waals surface area (Å²) in [6.07, 6.45) is 0.850. The number of sulfonamides is 1. The minimum absolute atomic E-state index is 0.196. The van der Waals surface area contributed by atoms with Crippen LogP contribution in [0.25, 0.3) is 0 Å². The van der Waals surface area contributed by atoms with E-state index >= 15 is 0 Å². The van der Waals surface area contributed by atoms with Gasteiger partial charge in [-0.1, -0.05) is 19.1 Å². The summed E-state index contributed by atoms with van der Waals surface area (Å²) in [5.41, 5.74) is 0. The number of rotatable bonds is 5. The number of benzene rings is 1. The molecule has 1 aliphatic rings. The Morgan fingerprint density at radius 1 is 1.42 bits per heavy atom. The molecule has 0 N–H and O–H groups in total. The highest BCUT2D eigenvalue weighted by atomic mass is 32.2. The van der Waals surface area contributed by atoms with Gasteiger partial charge in [0.05, 0.1) is 6.61 Å². The summed E-state index contributed by atoms with van der Waals surface area (Å²) in [5, 5.41) is 0. The van der Waals surface area contributed by atoms with Crippen molar-refractivity contribution in [3.63, 3.8) is 0 Å². The van der Waals surface area contributed by atoms with E-state index in [-0.39, 0.29) is 10.8 Å². The first-order valence-electron chi connectivity index (χ1n) is 6.38. The molecule has 0 amide bonds. The minimum atomic E-state index is -3.77. The summed E-state index contributed by atoms with van der Waals surface area (Å²) in [7, 11) is -3.77. The number of hydrogen-bond acceptors (Lipinski definition) is 3. The third-order valence-electron chi connectivity index (χ3n) is 3.29. The Labute approximate surface area is 113 Å². The standard InChI is InChI=1S/C13H18FNO3S/c1-2-15(9-11-7-8-18-10-11)19(16,17)13-6-4-3-5-12(13)14/h3-6,11H,2,7-10H2,1H3. The third-order valence-corrected chi connectivity index (χ3v) is 5.27. The highest BCUT2D eigenvalue weighted by Crippen LogP contribution is 2.22. The Kier molecular flexibility index (Phi) is 4.54. The van der Waals surface area contributed by atoms with Gasteiger partial charge >= 0.3 is 0 Å². The predicted molar refractivity (Wildman–Crippen MR) is 69.8 cm³/mol. The van der Waals surface area contributed by atoms with E-state index in [1.807, 2.05) is 0 Å². The van der Waals surface area contributed by atoms with Crippen LogP contribution in [-0.2, 0) is 14.8 Å². The van der Waals surface area contributed by atoms with Crippen molar-refractivity contribution in [1.82, 2.24) is 4.31 Å². The maximum atomic E-state index is 13.7. The molecule has 1 unspecified atom stereocenters. The van der Waals surface area contributed by atoms with Crippen LogP contribution in [0.4, 0.5) is 4.39 Å². The van der Waals surface area contributed by atoms with E-state index in [0.717, 1.165) is 6.42 Å². The average Bonchev–Trinajstić information content (AvgIpc) is 2.89. The second-order valence-corrected chi connectivity index (χ2v) is 6.52. The fourth-order valence-corrected chi connectivity index (χ4v) is 3.80. The second kappa shape index (κ2) is 5.98. The zero-order chi connectivity index (χ0) is 13.9. The lowest BCUT2D eigenvalue weighted by atomic mass is 10.1. The first-order chi connectivity index (χ1) is 9.05. The van der Waals surface area contributed by atoms with Crippen molar-refractivity contribution < 1.29 is 17.5 Å². The molecule has 1 aromatic rings. The first-order valence-corrected chi connectivity index (χ1v) is 7.82.